The third-order valence-corrected chi connectivity index (χ3v) is 2.69. The van der Waals surface area contributed by atoms with Crippen molar-refractivity contribution in [3.63, 3.8) is 0 Å². The molecule has 2 aromatic heterocycles. The molecule has 0 aliphatic heterocycles. The van der Waals surface area contributed by atoms with Crippen LogP contribution in [-0.4, -0.2) is 9.97 Å². The molecule has 0 aliphatic carbocycles. The predicted octanol–water partition coefficient (Wildman–Crippen LogP) is 3.30. The van der Waals surface area contributed by atoms with Crippen molar-refractivity contribution < 1.29 is 0 Å². The molecule has 2 nitrogen and oxygen atoms in total. The SMILES string of the molecule is Cc1cc(Cc2cc(C)nc(C)c2)cc(C)n1. The Labute approximate surface area is 103 Å². The summed E-state index contributed by atoms with van der Waals surface area (Å²) in [5.74, 6) is 0. The Kier molecular flexibility index (Phi) is 3.23. The van der Waals surface area contributed by atoms with Crippen molar-refractivity contribution in [1.29, 1.82) is 0 Å². The van der Waals surface area contributed by atoms with Crippen LogP contribution in [0.3, 0.4) is 0 Å². The molecule has 0 spiro atoms. The molecule has 88 valence electrons. The molecule has 2 heteroatoms. The molecule has 0 saturated heterocycles. The maximum absolute atomic E-state index is 4.40. The van der Waals surface area contributed by atoms with Gasteiger partial charge in [-0.3, -0.25) is 9.97 Å². The number of nitrogens with zero attached hydrogens (tertiary/aromatic N) is 2. The quantitative estimate of drug-likeness (QED) is 0.785. The summed E-state index contributed by atoms with van der Waals surface area (Å²) in [6.45, 7) is 8.16. The summed E-state index contributed by atoms with van der Waals surface area (Å²) in [6, 6.07) is 8.60. The van der Waals surface area contributed by atoms with Crippen LogP contribution in [0.2, 0.25) is 0 Å². The Bertz CT molecular complexity index is 455. The first-order valence-corrected chi connectivity index (χ1v) is 5.91. The van der Waals surface area contributed by atoms with Gasteiger partial charge in [-0.2, -0.15) is 0 Å². The molecule has 2 rings (SSSR count). The monoisotopic (exact) mass is 226 g/mol. The van der Waals surface area contributed by atoms with Gasteiger partial charge in [-0.15, -0.1) is 0 Å². The zero-order valence-electron chi connectivity index (χ0n) is 10.9. The standard InChI is InChI=1S/C15H18N2/c1-10-5-14(6-11(2)16-10)9-15-7-12(3)17-13(4)8-15/h5-8H,9H2,1-4H3. The number of aryl methyl sites for hydroxylation is 4. The zero-order chi connectivity index (χ0) is 12.4. The van der Waals surface area contributed by atoms with Crippen molar-refractivity contribution in [1.82, 2.24) is 9.97 Å². The van der Waals surface area contributed by atoms with Gasteiger partial charge in [-0.05, 0) is 69.5 Å². The normalized spacial score (nSPS) is 10.6. The molecule has 2 aromatic rings. The van der Waals surface area contributed by atoms with Gasteiger partial charge in [0.1, 0.15) is 0 Å². The molecule has 0 atom stereocenters. The van der Waals surface area contributed by atoms with Crippen LogP contribution >= 0.6 is 0 Å². The average molecular weight is 226 g/mol. The van der Waals surface area contributed by atoms with Gasteiger partial charge in [0.25, 0.3) is 0 Å². The summed E-state index contributed by atoms with van der Waals surface area (Å²) < 4.78 is 0. The van der Waals surface area contributed by atoms with E-state index in [1.165, 1.54) is 11.1 Å². The molecular formula is C15H18N2. The first kappa shape index (κ1) is 11.8. The van der Waals surface area contributed by atoms with Crippen LogP contribution in [0.4, 0.5) is 0 Å². The van der Waals surface area contributed by atoms with E-state index in [-0.39, 0.29) is 0 Å². The Morgan fingerprint density at radius 3 is 1.24 bits per heavy atom. The maximum Gasteiger partial charge on any atom is 0.0378 e. The first-order chi connectivity index (χ1) is 8.02. The van der Waals surface area contributed by atoms with Crippen LogP contribution in [0.5, 0.6) is 0 Å². The maximum atomic E-state index is 4.40. The Hall–Kier alpha value is -1.70. The van der Waals surface area contributed by atoms with Crippen LogP contribution in [0.25, 0.3) is 0 Å². The van der Waals surface area contributed by atoms with Crippen molar-refractivity contribution in [3.05, 3.63) is 58.2 Å². The van der Waals surface area contributed by atoms with Crippen LogP contribution in [-0.2, 0) is 6.42 Å². The van der Waals surface area contributed by atoms with E-state index in [2.05, 4.69) is 34.2 Å². The van der Waals surface area contributed by atoms with Gasteiger partial charge >= 0.3 is 0 Å². The first-order valence-electron chi connectivity index (χ1n) is 5.91. The lowest BCUT2D eigenvalue weighted by atomic mass is 10.0. The molecule has 0 bridgehead atoms. The summed E-state index contributed by atoms with van der Waals surface area (Å²) in [7, 11) is 0. The highest BCUT2D eigenvalue weighted by Crippen LogP contribution is 2.13. The highest BCUT2D eigenvalue weighted by Gasteiger charge is 2.01. The van der Waals surface area contributed by atoms with Crippen molar-refractivity contribution in [3.8, 4) is 0 Å². The van der Waals surface area contributed by atoms with E-state index >= 15 is 0 Å². The third kappa shape index (κ3) is 3.13. The molecule has 17 heavy (non-hydrogen) atoms. The minimum absolute atomic E-state index is 0.953. The zero-order valence-corrected chi connectivity index (χ0v) is 10.9. The van der Waals surface area contributed by atoms with Crippen molar-refractivity contribution in [2.45, 2.75) is 34.1 Å². The molecule has 0 saturated carbocycles. The minimum atomic E-state index is 0.953. The predicted molar refractivity (Wildman–Crippen MR) is 70.2 cm³/mol. The lowest BCUT2D eigenvalue weighted by molar-refractivity contribution is 1.04. The second kappa shape index (κ2) is 4.66. The topological polar surface area (TPSA) is 25.8 Å². The van der Waals surface area contributed by atoms with Crippen LogP contribution in [0.15, 0.2) is 24.3 Å². The van der Waals surface area contributed by atoms with Crippen LogP contribution in [0, 0.1) is 27.7 Å². The number of pyridine rings is 2. The fourth-order valence-electron chi connectivity index (χ4n) is 2.28. The second-order valence-electron chi connectivity index (χ2n) is 4.69. The van der Waals surface area contributed by atoms with Gasteiger partial charge in [0.15, 0.2) is 0 Å². The van der Waals surface area contributed by atoms with Gasteiger partial charge in [0, 0.05) is 22.8 Å². The summed E-state index contributed by atoms with van der Waals surface area (Å²) in [5.41, 5.74) is 6.98. The van der Waals surface area contributed by atoms with Gasteiger partial charge in [0.05, 0.1) is 0 Å². The van der Waals surface area contributed by atoms with Gasteiger partial charge < -0.3 is 0 Å². The Morgan fingerprint density at radius 1 is 0.647 bits per heavy atom. The molecule has 0 aliphatic rings. The van der Waals surface area contributed by atoms with Crippen molar-refractivity contribution >= 4 is 0 Å². The number of hydrogen-bond acceptors (Lipinski definition) is 2. The van der Waals surface area contributed by atoms with Gasteiger partial charge in [0.2, 0.25) is 0 Å². The molecule has 0 radical (unpaired) electrons. The lowest BCUT2D eigenvalue weighted by Crippen LogP contribution is -1.96. The number of rotatable bonds is 2. The van der Waals surface area contributed by atoms with E-state index in [9.17, 15) is 0 Å². The highest BCUT2D eigenvalue weighted by molar-refractivity contribution is 5.29. The lowest BCUT2D eigenvalue weighted by Gasteiger charge is -2.06. The van der Waals surface area contributed by atoms with E-state index in [0.717, 1.165) is 29.2 Å². The second-order valence-corrected chi connectivity index (χ2v) is 4.69. The molecule has 0 N–H and O–H groups in total. The van der Waals surface area contributed by atoms with E-state index in [1.54, 1.807) is 0 Å². The molecule has 0 aromatic carbocycles. The molecule has 0 unspecified atom stereocenters. The summed E-state index contributed by atoms with van der Waals surface area (Å²) in [4.78, 5) is 8.80. The summed E-state index contributed by atoms with van der Waals surface area (Å²) in [5, 5.41) is 0. The Morgan fingerprint density at radius 2 is 0.941 bits per heavy atom. The van der Waals surface area contributed by atoms with E-state index in [1.807, 2.05) is 27.7 Å². The smallest absolute Gasteiger partial charge is 0.0378 e. The summed E-state index contributed by atoms with van der Waals surface area (Å²) in [6.07, 6.45) is 0.953. The van der Waals surface area contributed by atoms with Gasteiger partial charge in [-0.25, -0.2) is 0 Å². The number of aromatic nitrogens is 2. The Balaban J connectivity index is 2.31. The largest absolute Gasteiger partial charge is 0.258 e. The molecule has 0 amide bonds. The van der Waals surface area contributed by atoms with E-state index in [0.29, 0.717) is 0 Å². The van der Waals surface area contributed by atoms with Crippen molar-refractivity contribution in [2.75, 3.05) is 0 Å². The molecule has 0 fully saturated rings. The summed E-state index contributed by atoms with van der Waals surface area (Å²) >= 11 is 0. The van der Waals surface area contributed by atoms with E-state index < -0.39 is 0 Å². The minimum Gasteiger partial charge on any atom is -0.258 e. The fourth-order valence-corrected chi connectivity index (χ4v) is 2.28. The van der Waals surface area contributed by atoms with Crippen LogP contribution in [0.1, 0.15) is 33.9 Å². The van der Waals surface area contributed by atoms with E-state index in [4.69, 9.17) is 0 Å². The number of hydrogen-bond donors (Lipinski definition) is 0. The molecule has 2 heterocycles. The fraction of sp³-hybridized carbons (Fsp3) is 0.333. The third-order valence-electron chi connectivity index (χ3n) is 2.69. The van der Waals surface area contributed by atoms with Crippen LogP contribution < -0.4 is 0 Å². The van der Waals surface area contributed by atoms with Crippen molar-refractivity contribution in [2.24, 2.45) is 0 Å². The van der Waals surface area contributed by atoms with Gasteiger partial charge in [-0.1, -0.05) is 0 Å². The highest BCUT2D eigenvalue weighted by atomic mass is 14.7. The molecular weight excluding hydrogens is 208 g/mol. The average Bonchev–Trinajstić information content (AvgIpc) is 2.13.